The second-order valence-corrected chi connectivity index (χ2v) is 10.0. The van der Waals surface area contributed by atoms with Crippen LogP contribution < -0.4 is 5.73 Å². The number of nitrogens with two attached hydrogens (primary N) is 1. The van der Waals surface area contributed by atoms with Gasteiger partial charge in [-0.3, -0.25) is 14.9 Å². The predicted octanol–water partition coefficient (Wildman–Crippen LogP) is 3.99. The number of anilines is 1. The fourth-order valence-corrected chi connectivity index (χ4v) is 5.93. The Morgan fingerprint density at radius 3 is 2.72 bits per heavy atom. The monoisotopic (exact) mass is 489 g/mol. The maximum absolute atomic E-state index is 13.3. The standard InChI is InChI=1S/C26H35N9O/c1-5-15(3)21-22(32-25-20(16(4)12-28-6-2)13-31-35(25)23(21)27)17-10-18-8-7-9-19(11-17)34(18)26(36)24-29-14-30-33-24/h12-15,17-19H,4-11,27H2,1-3H3,(H,29,30,33). The molecule has 2 bridgehead atoms. The molecule has 1 amide bonds. The van der Waals surface area contributed by atoms with Gasteiger partial charge in [-0.1, -0.05) is 20.4 Å². The van der Waals surface area contributed by atoms with E-state index >= 15 is 0 Å². The molecule has 0 aliphatic carbocycles. The van der Waals surface area contributed by atoms with Gasteiger partial charge < -0.3 is 10.6 Å². The van der Waals surface area contributed by atoms with E-state index in [0.717, 1.165) is 60.9 Å². The number of aliphatic imine (C=N–C) groups is 1. The fraction of sp³-hybridized carbons (Fsp3) is 0.538. The number of carbonyl (C=O) groups is 1. The molecule has 0 saturated carbocycles. The maximum Gasteiger partial charge on any atom is 0.291 e. The summed E-state index contributed by atoms with van der Waals surface area (Å²) in [5, 5.41) is 11.2. The van der Waals surface area contributed by atoms with Crippen LogP contribution in [0.4, 0.5) is 5.82 Å². The van der Waals surface area contributed by atoms with Gasteiger partial charge in [-0.15, -0.1) is 0 Å². The summed E-state index contributed by atoms with van der Waals surface area (Å²) >= 11 is 0. The number of hydrogen-bond donors (Lipinski definition) is 2. The van der Waals surface area contributed by atoms with Crippen LogP contribution in [0, 0.1) is 0 Å². The molecule has 36 heavy (non-hydrogen) atoms. The molecule has 3 N–H and O–H groups in total. The van der Waals surface area contributed by atoms with Crippen molar-refractivity contribution < 1.29 is 4.79 Å². The molecule has 3 atom stereocenters. The molecule has 190 valence electrons. The van der Waals surface area contributed by atoms with Gasteiger partial charge in [0.1, 0.15) is 12.1 Å². The van der Waals surface area contributed by atoms with Crippen molar-refractivity contribution in [2.45, 2.75) is 83.2 Å². The molecule has 5 rings (SSSR count). The highest BCUT2D eigenvalue weighted by atomic mass is 16.2. The number of fused-ring (bicyclic) bond motifs is 3. The van der Waals surface area contributed by atoms with Crippen molar-refractivity contribution in [2.24, 2.45) is 4.99 Å². The summed E-state index contributed by atoms with van der Waals surface area (Å²) in [7, 11) is 0. The van der Waals surface area contributed by atoms with Crippen LogP contribution in [0.25, 0.3) is 11.2 Å². The Bertz CT molecular complexity index is 1280. The molecule has 2 aliphatic rings. The van der Waals surface area contributed by atoms with Crippen LogP contribution in [-0.2, 0) is 0 Å². The van der Waals surface area contributed by atoms with Gasteiger partial charge in [0.15, 0.2) is 5.65 Å². The third kappa shape index (κ3) is 4.08. The number of nitrogens with zero attached hydrogens (tertiary/aromatic N) is 7. The van der Waals surface area contributed by atoms with Gasteiger partial charge in [0.2, 0.25) is 5.82 Å². The third-order valence-electron chi connectivity index (χ3n) is 7.84. The number of rotatable bonds is 7. The fourth-order valence-electron chi connectivity index (χ4n) is 5.93. The largest absolute Gasteiger partial charge is 0.383 e. The minimum absolute atomic E-state index is 0.0599. The van der Waals surface area contributed by atoms with Crippen molar-refractivity contribution >= 4 is 29.2 Å². The van der Waals surface area contributed by atoms with Crippen molar-refractivity contribution in [2.75, 3.05) is 12.3 Å². The minimum Gasteiger partial charge on any atom is -0.383 e. The van der Waals surface area contributed by atoms with E-state index in [1.54, 1.807) is 16.9 Å². The molecule has 0 spiro atoms. The van der Waals surface area contributed by atoms with E-state index in [-0.39, 0.29) is 29.8 Å². The first kappa shape index (κ1) is 24.1. The second-order valence-electron chi connectivity index (χ2n) is 10.0. The predicted molar refractivity (Wildman–Crippen MR) is 140 cm³/mol. The van der Waals surface area contributed by atoms with E-state index in [4.69, 9.17) is 10.7 Å². The summed E-state index contributed by atoms with van der Waals surface area (Å²) < 4.78 is 1.74. The minimum atomic E-state index is -0.0599. The van der Waals surface area contributed by atoms with Crippen molar-refractivity contribution in [1.29, 1.82) is 0 Å². The number of aromatic nitrogens is 6. The Balaban J connectivity index is 1.56. The summed E-state index contributed by atoms with van der Waals surface area (Å²) in [6.07, 6.45) is 10.7. The van der Waals surface area contributed by atoms with E-state index in [9.17, 15) is 4.79 Å². The van der Waals surface area contributed by atoms with Gasteiger partial charge in [0.25, 0.3) is 5.91 Å². The molecule has 2 aliphatic heterocycles. The summed E-state index contributed by atoms with van der Waals surface area (Å²) in [4.78, 5) is 29.0. The number of nitrogen functional groups attached to an aromatic ring is 1. The molecule has 10 heteroatoms. The van der Waals surface area contributed by atoms with E-state index in [0.29, 0.717) is 23.8 Å². The topological polar surface area (TPSA) is 130 Å². The first-order chi connectivity index (χ1) is 17.4. The van der Waals surface area contributed by atoms with Crippen molar-refractivity contribution in [1.82, 2.24) is 34.7 Å². The average molecular weight is 490 g/mol. The maximum atomic E-state index is 13.3. The van der Waals surface area contributed by atoms with Gasteiger partial charge in [-0.05, 0) is 56.9 Å². The number of amides is 1. The molecule has 3 aromatic heterocycles. The quantitative estimate of drug-likeness (QED) is 0.483. The van der Waals surface area contributed by atoms with Crippen LogP contribution in [0.1, 0.15) is 98.6 Å². The van der Waals surface area contributed by atoms with Crippen LogP contribution >= 0.6 is 0 Å². The highest BCUT2D eigenvalue weighted by Gasteiger charge is 2.43. The Kier molecular flexibility index (Phi) is 6.59. The number of aromatic amines is 1. The summed E-state index contributed by atoms with van der Waals surface area (Å²) in [6, 6.07) is 0.278. The van der Waals surface area contributed by atoms with Crippen LogP contribution in [0.2, 0.25) is 0 Å². The highest BCUT2D eigenvalue weighted by Crippen LogP contribution is 2.45. The van der Waals surface area contributed by atoms with Crippen LogP contribution in [-0.4, -0.2) is 65.4 Å². The summed E-state index contributed by atoms with van der Waals surface area (Å²) in [5.41, 5.74) is 11.2. The Morgan fingerprint density at radius 1 is 1.33 bits per heavy atom. The first-order valence-electron chi connectivity index (χ1n) is 13.0. The molecule has 2 fully saturated rings. The third-order valence-corrected chi connectivity index (χ3v) is 7.84. The van der Waals surface area contributed by atoms with Gasteiger partial charge >= 0.3 is 0 Å². The van der Waals surface area contributed by atoms with Gasteiger partial charge in [0.05, 0.1) is 11.9 Å². The lowest BCUT2D eigenvalue weighted by atomic mass is 9.75. The van der Waals surface area contributed by atoms with Crippen molar-refractivity contribution in [3.05, 3.63) is 41.7 Å². The van der Waals surface area contributed by atoms with E-state index in [1.807, 2.05) is 11.8 Å². The lowest BCUT2D eigenvalue weighted by molar-refractivity contribution is 0.0220. The molecule has 3 unspecified atom stereocenters. The Labute approximate surface area is 211 Å². The molecule has 2 saturated heterocycles. The normalized spacial score (nSPS) is 22.9. The van der Waals surface area contributed by atoms with Crippen LogP contribution in [0.15, 0.2) is 24.1 Å². The van der Waals surface area contributed by atoms with Crippen molar-refractivity contribution in [3.63, 3.8) is 0 Å². The number of piperidine rings is 2. The van der Waals surface area contributed by atoms with E-state index < -0.39 is 0 Å². The number of H-pyrrole nitrogens is 1. The zero-order chi connectivity index (χ0) is 25.4. The SMILES string of the molecule is C=C(C=NCC)c1cnn2c(N)c(C(C)CC)c(C3CC4CCCC(C3)N4C(=O)c3ncn[nH]3)nc12. The van der Waals surface area contributed by atoms with Crippen molar-refractivity contribution in [3.8, 4) is 0 Å². The number of carbonyl (C=O) groups excluding carboxylic acids is 1. The highest BCUT2D eigenvalue weighted by molar-refractivity contribution is 6.11. The smallest absolute Gasteiger partial charge is 0.291 e. The lowest BCUT2D eigenvalue weighted by Gasteiger charge is -2.48. The molecule has 3 aromatic rings. The summed E-state index contributed by atoms with van der Waals surface area (Å²) in [5.74, 6) is 1.33. The Hall–Kier alpha value is -3.56. The molecule has 10 nitrogen and oxygen atoms in total. The summed E-state index contributed by atoms with van der Waals surface area (Å²) in [6.45, 7) is 11.2. The number of hydrogen-bond acceptors (Lipinski definition) is 7. The second kappa shape index (κ2) is 9.83. The van der Waals surface area contributed by atoms with Gasteiger partial charge in [-0.2, -0.15) is 14.7 Å². The average Bonchev–Trinajstić information content (AvgIpc) is 3.56. The van der Waals surface area contributed by atoms with Crippen LogP contribution in [0.3, 0.4) is 0 Å². The van der Waals surface area contributed by atoms with Crippen LogP contribution in [0.5, 0.6) is 0 Å². The lowest BCUT2D eigenvalue weighted by Crippen LogP contribution is -2.54. The molecule has 0 radical (unpaired) electrons. The first-order valence-corrected chi connectivity index (χ1v) is 13.0. The van der Waals surface area contributed by atoms with E-state index in [1.165, 1.54) is 6.33 Å². The zero-order valence-corrected chi connectivity index (χ0v) is 21.3. The Morgan fingerprint density at radius 2 is 2.08 bits per heavy atom. The van der Waals surface area contributed by atoms with E-state index in [2.05, 4.69) is 45.7 Å². The molecular weight excluding hydrogens is 454 g/mol. The van der Waals surface area contributed by atoms with Gasteiger partial charge in [-0.25, -0.2) is 9.97 Å². The number of allylic oxidation sites excluding steroid dienone is 1. The molecule has 5 heterocycles. The van der Waals surface area contributed by atoms with Gasteiger partial charge in [0, 0.05) is 41.9 Å². The zero-order valence-electron chi connectivity index (χ0n) is 21.3. The molecular formula is C26H35N9O. The number of nitrogens with one attached hydrogen (secondary N) is 1. The molecule has 0 aromatic carbocycles.